The normalized spacial score (nSPS) is 25.4. The van der Waals surface area contributed by atoms with Gasteiger partial charge in [0, 0.05) is 4.47 Å². The van der Waals surface area contributed by atoms with Crippen LogP contribution in [-0.2, 0) is 0 Å². The van der Waals surface area contributed by atoms with E-state index in [-0.39, 0.29) is 18.0 Å². The highest BCUT2D eigenvalue weighted by atomic mass is 79.9. The largest absolute Gasteiger partial charge is 0.391 e. The molecule has 16 heavy (non-hydrogen) atoms. The molecule has 0 aliphatic heterocycles. The van der Waals surface area contributed by atoms with Crippen molar-refractivity contribution in [3.05, 3.63) is 28.5 Å². The molecule has 0 spiro atoms. The summed E-state index contributed by atoms with van der Waals surface area (Å²) in [7, 11) is 0. The van der Waals surface area contributed by atoms with Crippen molar-refractivity contribution in [2.75, 3.05) is 5.32 Å². The molecule has 2 rings (SSSR count). The fourth-order valence-corrected chi connectivity index (χ4v) is 2.42. The van der Waals surface area contributed by atoms with Gasteiger partial charge >= 0.3 is 0 Å². The van der Waals surface area contributed by atoms with Gasteiger partial charge in [0.05, 0.1) is 17.8 Å². The Morgan fingerprint density at radius 3 is 2.75 bits per heavy atom. The van der Waals surface area contributed by atoms with Crippen molar-refractivity contribution in [3.8, 4) is 0 Å². The number of anilines is 1. The lowest BCUT2D eigenvalue weighted by Crippen LogP contribution is -2.36. The quantitative estimate of drug-likeness (QED) is 0.875. The zero-order valence-corrected chi connectivity index (χ0v) is 10.5. The monoisotopic (exact) mass is 287 g/mol. The summed E-state index contributed by atoms with van der Waals surface area (Å²) in [6.45, 7) is 0. The minimum atomic E-state index is -0.364. The maximum Gasteiger partial charge on any atom is 0.147 e. The summed E-state index contributed by atoms with van der Waals surface area (Å²) in [6.07, 6.45) is 3.48. The summed E-state index contributed by atoms with van der Waals surface area (Å²) in [5, 5.41) is 12.9. The molecular formula is C12H15BrFNO. The first-order valence-electron chi connectivity index (χ1n) is 5.56. The smallest absolute Gasteiger partial charge is 0.147 e. The molecule has 0 heterocycles. The first kappa shape index (κ1) is 11.9. The lowest BCUT2D eigenvalue weighted by atomic mass is 9.92. The van der Waals surface area contributed by atoms with Crippen LogP contribution in [0.4, 0.5) is 10.1 Å². The molecule has 0 unspecified atom stereocenters. The average molecular weight is 288 g/mol. The Kier molecular flexibility index (Phi) is 3.82. The molecule has 0 bridgehead atoms. The maximum atomic E-state index is 13.6. The SMILES string of the molecule is O[C@H]1CCCC[C@@H]1Nc1ccc(Br)cc1F. The summed E-state index contributed by atoms with van der Waals surface area (Å²) >= 11 is 3.22. The molecule has 2 nitrogen and oxygen atoms in total. The van der Waals surface area contributed by atoms with Gasteiger partial charge in [-0.25, -0.2) is 4.39 Å². The molecular weight excluding hydrogens is 273 g/mol. The highest BCUT2D eigenvalue weighted by molar-refractivity contribution is 9.10. The molecule has 0 saturated heterocycles. The number of hydrogen-bond acceptors (Lipinski definition) is 2. The van der Waals surface area contributed by atoms with Crippen LogP contribution >= 0.6 is 15.9 Å². The Balaban J connectivity index is 2.07. The van der Waals surface area contributed by atoms with Crippen LogP contribution in [0.25, 0.3) is 0 Å². The van der Waals surface area contributed by atoms with Gasteiger partial charge in [-0.1, -0.05) is 28.8 Å². The summed E-state index contributed by atoms with van der Waals surface area (Å²) in [5.74, 6) is -0.285. The standard InChI is InChI=1S/C12H15BrFNO/c13-8-5-6-10(9(14)7-8)15-11-3-1-2-4-12(11)16/h5-7,11-12,15-16H,1-4H2/t11-,12-/m0/s1. The van der Waals surface area contributed by atoms with E-state index in [4.69, 9.17) is 0 Å². The molecule has 2 N–H and O–H groups in total. The van der Waals surface area contributed by atoms with E-state index >= 15 is 0 Å². The highest BCUT2D eigenvalue weighted by Crippen LogP contribution is 2.25. The Labute approximate surface area is 103 Å². The molecule has 0 amide bonds. The second-order valence-electron chi connectivity index (χ2n) is 4.23. The number of halogens is 2. The summed E-state index contributed by atoms with van der Waals surface area (Å²) in [4.78, 5) is 0. The predicted octanol–water partition coefficient (Wildman–Crippen LogP) is 3.30. The zero-order chi connectivity index (χ0) is 11.5. The van der Waals surface area contributed by atoms with Crippen LogP contribution in [0.3, 0.4) is 0 Å². The lowest BCUT2D eigenvalue weighted by molar-refractivity contribution is 0.116. The molecule has 0 radical (unpaired) electrons. The predicted molar refractivity (Wildman–Crippen MR) is 66.0 cm³/mol. The van der Waals surface area contributed by atoms with Crippen LogP contribution in [0.1, 0.15) is 25.7 Å². The Bertz CT molecular complexity index is 372. The fourth-order valence-electron chi connectivity index (χ4n) is 2.09. The highest BCUT2D eigenvalue weighted by Gasteiger charge is 2.23. The van der Waals surface area contributed by atoms with Crippen molar-refractivity contribution in [2.45, 2.75) is 37.8 Å². The van der Waals surface area contributed by atoms with Crippen molar-refractivity contribution in [1.29, 1.82) is 0 Å². The van der Waals surface area contributed by atoms with Crippen molar-refractivity contribution in [2.24, 2.45) is 0 Å². The molecule has 1 aromatic rings. The third kappa shape index (κ3) is 2.74. The van der Waals surface area contributed by atoms with Crippen LogP contribution in [0.2, 0.25) is 0 Å². The van der Waals surface area contributed by atoms with Crippen molar-refractivity contribution < 1.29 is 9.50 Å². The third-order valence-corrected chi connectivity index (χ3v) is 3.49. The van der Waals surface area contributed by atoms with E-state index in [9.17, 15) is 9.50 Å². The molecule has 1 saturated carbocycles. The Morgan fingerprint density at radius 1 is 1.31 bits per heavy atom. The molecule has 1 fully saturated rings. The number of rotatable bonds is 2. The minimum absolute atomic E-state index is 0.0237. The number of hydrogen-bond donors (Lipinski definition) is 2. The van der Waals surface area contributed by atoms with Crippen molar-refractivity contribution >= 4 is 21.6 Å². The summed E-state index contributed by atoms with van der Waals surface area (Å²) < 4.78 is 14.3. The molecule has 2 atom stereocenters. The number of benzene rings is 1. The third-order valence-electron chi connectivity index (χ3n) is 3.00. The van der Waals surface area contributed by atoms with E-state index in [2.05, 4.69) is 21.2 Å². The van der Waals surface area contributed by atoms with Gasteiger partial charge in [0.2, 0.25) is 0 Å². The van der Waals surface area contributed by atoms with E-state index in [1.165, 1.54) is 6.07 Å². The van der Waals surface area contributed by atoms with Crippen molar-refractivity contribution in [1.82, 2.24) is 0 Å². The number of aliphatic hydroxyl groups is 1. The number of aliphatic hydroxyl groups excluding tert-OH is 1. The van der Waals surface area contributed by atoms with Gasteiger partial charge < -0.3 is 10.4 Å². The van der Waals surface area contributed by atoms with Gasteiger partial charge in [-0.05, 0) is 31.0 Å². The molecule has 1 aromatic carbocycles. The van der Waals surface area contributed by atoms with Crippen LogP contribution in [0, 0.1) is 5.82 Å². The van der Waals surface area contributed by atoms with Crippen LogP contribution in [0.15, 0.2) is 22.7 Å². The first-order valence-corrected chi connectivity index (χ1v) is 6.36. The Hall–Kier alpha value is -0.610. The van der Waals surface area contributed by atoms with E-state index in [0.29, 0.717) is 5.69 Å². The van der Waals surface area contributed by atoms with Crippen LogP contribution in [-0.4, -0.2) is 17.3 Å². The molecule has 0 aromatic heterocycles. The van der Waals surface area contributed by atoms with Crippen LogP contribution in [0.5, 0.6) is 0 Å². The van der Waals surface area contributed by atoms with Gasteiger partial charge in [0.25, 0.3) is 0 Å². The van der Waals surface area contributed by atoms with Gasteiger partial charge in [0.1, 0.15) is 5.82 Å². The summed E-state index contributed by atoms with van der Waals surface area (Å²) in [6, 6.07) is 4.89. The van der Waals surface area contributed by atoms with Crippen molar-refractivity contribution in [3.63, 3.8) is 0 Å². The van der Waals surface area contributed by atoms with E-state index < -0.39 is 0 Å². The first-order chi connectivity index (χ1) is 7.66. The molecule has 88 valence electrons. The molecule has 1 aliphatic rings. The van der Waals surface area contributed by atoms with Gasteiger partial charge in [-0.3, -0.25) is 0 Å². The zero-order valence-electron chi connectivity index (χ0n) is 8.92. The average Bonchev–Trinajstić information content (AvgIpc) is 2.25. The molecule has 4 heteroatoms. The second kappa shape index (κ2) is 5.15. The van der Waals surface area contributed by atoms with E-state index in [1.807, 2.05) is 0 Å². The second-order valence-corrected chi connectivity index (χ2v) is 5.14. The van der Waals surface area contributed by atoms with Gasteiger partial charge in [0.15, 0.2) is 0 Å². The lowest BCUT2D eigenvalue weighted by Gasteiger charge is -2.29. The topological polar surface area (TPSA) is 32.3 Å². The molecule has 1 aliphatic carbocycles. The van der Waals surface area contributed by atoms with E-state index in [0.717, 1.165) is 30.2 Å². The summed E-state index contributed by atoms with van der Waals surface area (Å²) in [5.41, 5.74) is 0.467. The van der Waals surface area contributed by atoms with Crippen LogP contribution < -0.4 is 5.32 Å². The Morgan fingerprint density at radius 2 is 2.06 bits per heavy atom. The van der Waals surface area contributed by atoms with Gasteiger partial charge in [-0.15, -0.1) is 0 Å². The minimum Gasteiger partial charge on any atom is -0.391 e. The van der Waals surface area contributed by atoms with E-state index in [1.54, 1.807) is 12.1 Å². The van der Waals surface area contributed by atoms with Gasteiger partial charge in [-0.2, -0.15) is 0 Å². The number of nitrogens with one attached hydrogen (secondary N) is 1. The maximum absolute atomic E-state index is 13.6. The fraction of sp³-hybridized carbons (Fsp3) is 0.500.